The van der Waals surface area contributed by atoms with Gasteiger partial charge in [-0.1, -0.05) is 182 Å². The average Bonchev–Trinajstić information content (AvgIpc) is 3.05. The van der Waals surface area contributed by atoms with Crippen LogP contribution in [0.15, 0.2) is 0 Å². The quantitative estimate of drug-likeness (QED) is 0.0376. The Morgan fingerprint density at radius 3 is 1.04 bits per heavy atom. The third kappa shape index (κ3) is 35.5. The summed E-state index contributed by atoms with van der Waals surface area (Å²) in [4.78, 5) is 37.4. The summed E-state index contributed by atoms with van der Waals surface area (Å²) in [5.74, 6) is -0.0712. The molecule has 0 aromatic carbocycles. The van der Waals surface area contributed by atoms with Gasteiger partial charge in [-0.2, -0.15) is 0 Å². The maximum atomic E-state index is 12.6. The Hall–Kier alpha value is -1.59. The number of carbonyl (C=O) groups is 3. The average molecular weight is 667 g/mol. The van der Waals surface area contributed by atoms with Gasteiger partial charge in [-0.05, 0) is 25.2 Å². The molecule has 0 saturated carbocycles. The smallest absolute Gasteiger partial charge is 0.306 e. The Morgan fingerprint density at radius 1 is 0.404 bits per heavy atom. The first kappa shape index (κ1) is 45.4. The van der Waals surface area contributed by atoms with E-state index in [2.05, 4.69) is 27.7 Å². The second-order valence-corrected chi connectivity index (χ2v) is 14.4. The van der Waals surface area contributed by atoms with Gasteiger partial charge in [0.25, 0.3) is 0 Å². The lowest BCUT2D eigenvalue weighted by atomic mass is 10.0. The normalized spacial score (nSPS) is 11.9. The zero-order valence-corrected chi connectivity index (χ0v) is 31.7. The van der Waals surface area contributed by atoms with Crippen molar-refractivity contribution in [1.29, 1.82) is 0 Å². The van der Waals surface area contributed by atoms with Gasteiger partial charge in [0.15, 0.2) is 6.10 Å². The zero-order valence-electron chi connectivity index (χ0n) is 31.7. The van der Waals surface area contributed by atoms with E-state index in [1.54, 1.807) is 0 Å². The van der Waals surface area contributed by atoms with Crippen LogP contribution in [0.2, 0.25) is 0 Å². The van der Waals surface area contributed by atoms with E-state index in [9.17, 15) is 14.4 Å². The highest BCUT2D eigenvalue weighted by Crippen LogP contribution is 2.15. The monoisotopic (exact) mass is 667 g/mol. The molecule has 0 rings (SSSR count). The van der Waals surface area contributed by atoms with Crippen molar-refractivity contribution in [3.63, 3.8) is 0 Å². The third-order valence-electron chi connectivity index (χ3n) is 9.04. The van der Waals surface area contributed by atoms with Crippen molar-refractivity contribution in [1.82, 2.24) is 0 Å². The number of rotatable bonds is 36. The lowest BCUT2D eigenvalue weighted by Crippen LogP contribution is -2.30. The predicted molar refractivity (Wildman–Crippen MR) is 196 cm³/mol. The molecule has 0 unspecified atom stereocenters. The number of hydrogen-bond acceptors (Lipinski definition) is 6. The van der Waals surface area contributed by atoms with Crippen molar-refractivity contribution in [2.24, 2.45) is 5.92 Å². The van der Waals surface area contributed by atoms with Crippen LogP contribution in [0.25, 0.3) is 0 Å². The molecule has 0 aromatic heterocycles. The van der Waals surface area contributed by atoms with Crippen LogP contribution < -0.4 is 0 Å². The molecule has 0 aliphatic carbocycles. The Kier molecular flexibility index (Phi) is 34.5. The van der Waals surface area contributed by atoms with Crippen LogP contribution in [0, 0.1) is 5.92 Å². The Morgan fingerprint density at radius 2 is 0.702 bits per heavy atom. The molecule has 0 bridgehead atoms. The SMILES string of the molecule is CCCCCCCCCCCC(=O)OC[C@H](COC(=O)CCCCCCCCCCC(C)C)OC(=O)CCCCCCCCCCC. The van der Waals surface area contributed by atoms with E-state index >= 15 is 0 Å². The van der Waals surface area contributed by atoms with Gasteiger partial charge in [-0.15, -0.1) is 0 Å². The molecule has 6 nitrogen and oxygen atoms in total. The number of carbonyl (C=O) groups excluding carboxylic acids is 3. The van der Waals surface area contributed by atoms with E-state index in [0.717, 1.165) is 63.7 Å². The maximum Gasteiger partial charge on any atom is 0.306 e. The van der Waals surface area contributed by atoms with Crippen LogP contribution in [0.3, 0.4) is 0 Å². The van der Waals surface area contributed by atoms with Gasteiger partial charge >= 0.3 is 17.9 Å². The molecule has 278 valence electrons. The maximum absolute atomic E-state index is 12.6. The van der Waals surface area contributed by atoms with E-state index in [0.29, 0.717) is 19.3 Å². The molecule has 0 N–H and O–H groups in total. The molecular weight excluding hydrogens is 588 g/mol. The van der Waals surface area contributed by atoms with Crippen molar-refractivity contribution < 1.29 is 28.6 Å². The summed E-state index contributed by atoms with van der Waals surface area (Å²) in [6.07, 6.45) is 32.3. The fraction of sp³-hybridized carbons (Fsp3) is 0.927. The van der Waals surface area contributed by atoms with Crippen molar-refractivity contribution in [2.75, 3.05) is 13.2 Å². The number of hydrogen-bond donors (Lipinski definition) is 0. The van der Waals surface area contributed by atoms with Crippen molar-refractivity contribution in [2.45, 2.75) is 226 Å². The zero-order chi connectivity index (χ0) is 34.6. The molecule has 0 saturated heterocycles. The van der Waals surface area contributed by atoms with Crippen molar-refractivity contribution in [3.8, 4) is 0 Å². The predicted octanol–water partition coefficient (Wildman–Crippen LogP) is 12.4. The summed E-state index contributed by atoms with van der Waals surface area (Å²) in [5.41, 5.74) is 0. The fourth-order valence-electron chi connectivity index (χ4n) is 5.92. The molecular formula is C41H78O6. The minimum Gasteiger partial charge on any atom is -0.462 e. The summed E-state index contributed by atoms with van der Waals surface area (Å²) in [6, 6.07) is 0. The Bertz CT molecular complexity index is 706. The topological polar surface area (TPSA) is 78.9 Å². The van der Waals surface area contributed by atoms with Gasteiger partial charge in [0.05, 0.1) is 0 Å². The number of unbranched alkanes of at least 4 members (excludes halogenated alkanes) is 23. The van der Waals surface area contributed by atoms with E-state index in [-0.39, 0.29) is 31.1 Å². The van der Waals surface area contributed by atoms with Gasteiger partial charge in [-0.3, -0.25) is 14.4 Å². The van der Waals surface area contributed by atoms with Crippen LogP contribution in [0.1, 0.15) is 220 Å². The van der Waals surface area contributed by atoms with Crippen LogP contribution in [0.5, 0.6) is 0 Å². The highest BCUT2D eigenvalue weighted by Gasteiger charge is 2.19. The van der Waals surface area contributed by atoms with Crippen molar-refractivity contribution >= 4 is 17.9 Å². The minimum absolute atomic E-state index is 0.0653. The highest BCUT2D eigenvalue weighted by atomic mass is 16.6. The lowest BCUT2D eigenvalue weighted by Gasteiger charge is -2.18. The Labute approximate surface area is 291 Å². The summed E-state index contributed by atoms with van der Waals surface area (Å²) in [7, 11) is 0. The van der Waals surface area contributed by atoms with E-state index < -0.39 is 6.10 Å². The van der Waals surface area contributed by atoms with Crippen molar-refractivity contribution in [3.05, 3.63) is 0 Å². The first-order valence-corrected chi connectivity index (χ1v) is 20.4. The number of esters is 3. The fourth-order valence-corrected chi connectivity index (χ4v) is 5.92. The van der Waals surface area contributed by atoms with Gasteiger partial charge in [0.1, 0.15) is 13.2 Å². The minimum atomic E-state index is -0.757. The van der Waals surface area contributed by atoms with Crippen LogP contribution in [0.4, 0.5) is 0 Å². The van der Waals surface area contributed by atoms with Gasteiger partial charge < -0.3 is 14.2 Å². The van der Waals surface area contributed by atoms with Gasteiger partial charge in [-0.25, -0.2) is 0 Å². The molecule has 0 radical (unpaired) electrons. The van der Waals surface area contributed by atoms with E-state index in [1.165, 1.54) is 116 Å². The molecule has 0 aliphatic heterocycles. The van der Waals surface area contributed by atoms with Crippen LogP contribution in [-0.2, 0) is 28.6 Å². The van der Waals surface area contributed by atoms with Gasteiger partial charge in [0.2, 0.25) is 0 Å². The molecule has 0 amide bonds. The molecule has 0 fully saturated rings. The van der Waals surface area contributed by atoms with E-state index in [1.807, 2.05) is 0 Å². The molecule has 0 heterocycles. The second-order valence-electron chi connectivity index (χ2n) is 14.4. The first-order valence-electron chi connectivity index (χ1n) is 20.4. The van der Waals surface area contributed by atoms with Crippen LogP contribution in [-0.4, -0.2) is 37.2 Å². The second kappa shape index (κ2) is 35.7. The molecule has 1 atom stereocenters. The summed E-state index contributed by atoms with van der Waals surface area (Å²) >= 11 is 0. The Balaban J connectivity index is 4.34. The summed E-state index contributed by atoms with van der Waals surface area (Å²) in [5, 5.41) is 0. The highest BCUT2D eigenvalue weighted by molar-refractivity contribution is 5.71. The summed E-state index contributed by atoms with van der Waals surface area (Å²) in [6.45, 7) is 8.90. The third-order valence-corrected chi connectivity index (χ3v) is 9.04. The standard InChI is InChI=1S/C41H78O6/c1-5-7-9-11-13-15-20-24-28-32-39(42)45-35-38(47-41(44)34-30-26-22-16-14-12-10-8-6-2)36-46-40(43)33-29-25-21-18-17-19-23-27-31-37(3)4/h37-38H,5-36H2,1-4H3/t38-/m1/s1. The molecule has 0 aromatic rings. The van der Waals surface area contributed by atoms with Gasteiger partial charge in [0, 0.05) is 19.3 Å². The largest absolute Gasteiger partial charge is 0.462 e. The molecule has 0 spiro atoms. The molecule has 6 heteroatoms. The van der Waals surface area contributed by atoms with Crippen LogP contribution >= 0.6 is 0 Å². The first-order chi connectivity index (χ1) is 22.9. The molecule has 47 heavy (non-hydrogen) atoms. The molecule has 0 aliphatic rings. The lowest BCUT2D eigenvalue weighted by molar-refractivity contribution is -0.167. The van der Waals surface area contributed by atoms with E-state index in [4.69, 9.17) is 14.2 Å². The number of ether oxygens (including phenoxy) is 3. The summed E-state index contributed by atoms with van der Waals surface area (Å²) < 4.78 is 16.6.